The summed E-state index contributed by atoms with van der Waals surface area (Å²) in [6.07, 6.45) is 5.36. The Hall–Kier alpha value is -1.26. The summed E-state index contributed by atoms with van der Waals surface area (Å²) in [6, 6.07) is -0.637. The van der Waals surface area contributed by atoms with Gasteiger partial charge in [0.2, 0.25) is 0 Å². The predicted octanol–water partition coefficient (Wildman–Crippen LogP) is 2.45. The average molecular weight is 284 g/mol. The molecule has 20 heavy (non-hydrogen) atoms. The first kappa shape index (κ1) is 16.8. The molecule has 0 heterocycles. The van der Waals surface area contributed by atoms with Gasteiger partial charge in [-0.15, -0.1) is 0 Å². The van der Waals surface area contributed by atoms with Gasteiger partial charge in [0.25, 0.3) is 0 Å². The number of urea groups is 1. The zero-order valence-electron chi connectivity index (χ0n) is 13.1. The molecule has 0 unspecified atom stereocenters. The quantitative estimate of drug-likeness (QED) is 0.762. The van der Waals surface area contributed by atoms with Gasteiger partial charge in [0.05, 0.1) is 7.11 Å². The van der Waals surface area contributed by atoms with Crippen molar-refractivity contribution in [3.63, 3.8) is 0 Å². The highest BCUT2D eigenvalue weighted by atomic mass is 16.5. The van der Waals surface area contributed by atoms with Gasteiger partial charge in [0, 0.05) is 6.04 Å². The van der Waals surface area contributed by atoms with Crippen molar-refractivity contribution in [2.24, 2.45) is 11.8 Å². The van der Waals surface area contributed by atoms with Gasteiger partial charge < -0.3 is 15.4 Å². The maximum Gasteiger partial charge on any atom is 0.328 e. The van der Waals surface area contributed by atoms with E-state index in [0.717, 1.165) is 25.7 Å². The second-order valence-corrected chi connectivity index (χ2v) is 5.87. The second kappa shape index (κ2) is 8.12. The molecule has 1 rings (SSSR count). The van der Waals surface area contributed by atoms with Gasteiger partial charge >= 0.3 is 12.0 Å². The van der Waals surface area contributed by atoms with E-state index in [1.807, 2.05) is 13.8 Å². The maximum atomic E-state index is 12.1. The zero-order valence-corrected chi connectivity index (χ0v) is 13.1. The van der Waals surface area contributed by atoms with E-state index in [0.29, 0.717) is 5.92 Å². The van der Waals surface area contributed by atoms with Crippen molar-refractivity contribution in [1.82, 2.24) is 10.6 Å². The van der Waals surface area contributed by atoms with Gasteiger partial charge in [0.1, 0.15) is 6.04 Å². The number of carbonyl (C=O) groups is 2. The molecule has 1 aliphatic carbocycles. The molecule has 0 aliphatic heterocycles. The van der Waals surface area contributed by atoms with Crippen molar-refractivity contribution in [3.05, 3.63) is 0 Å². The minimum absolute atomic E-state index is 0.0528. The van der Waals surface area contributed by atoms with E-state index in [1.54, 1.807) is 0 Å². The van der Waals surface area contributed by atoms with E-state index < -0.39 is 6.04 Å². The molecule has 116 valence electrons. The Morgan fingerprint density at radius 1 is 1.30 bits per heavy atom. The number of carbonyl (C=O) groups excluding carboxylic acids is 2. The number of esters is 1. The second-order valence-electron chi connectivity index (χ2n) is 5.87. The van der Waals surface area contributed by atoms with Crippen LogP contribution in [0.15, 0.2) is 0 Å². The number of ether oxygens (including phenoxy) is 1. The Labute approximate surface area is 121 Å². The highest BCUT2D eigenvalue weighted by Crippen LogP contribution is 2.23. The summed E-state index contributed by atoms with van der Waals surface area (Å²) in [5, 5.41) is 5.76. The average Bonchev–Trinajstić information content (AvgIpc) is 2.45. The first-order valence-electron chi connectivity index (χ1n) is 7.64. The summed E-state index contributed by atoms with van der Waals surface area (Å²) in [4.78, 5) is 23.8. The largest absolute Gasteiger partial charge is 0.467 e. The van der Waals surface area contributed by atoms with Crippen molar-refractivity contribution in [1.29, 1.82) is 0 Å². The third-order valence-electron chi connectivity index (χ3n) is 4.38. The molecule has 0 radical (unpaired) electrons. The van der Waals surface area contributed by atoms with Gasteiger partial charge in [-0.3, -0.25) is 0 Å². The van der Waals surface area contributed by atoms with Crippen LogP contribution in [0.2, 0.25) is 0 Å². The predicted molar refractivity (Wildman–Crippen MR) is 78.3 cm³/mol. The molecular weight excluding hydrogens is 256 g/mol. The molecule has 2 N–H and O–H groups in total. The summed E-state index contributed by atoms with van der Waals surface area (Å²) in [5.74, 6) is 0.165. The molecule has 1 fully saturated rings. The Kier molecular flexibility index (Phi) is 6.82. The lowest BCUT2D eigenvalue weighted by molar-refractivity contribution is -0.144. The topological polar surface area (TPSA) is 67.4 Å². The molecule has 2 amide bonds. The van der Waals surface area contributed by atoms with Crippen molar-refractivity contribution in [3.8, 4) is 0 Å². The summed E-state index contributed by atoms with van der Waals surface area (Å²) in [7, 11) is 1.35. The Balaban J connectivity index is 2.54. The molecule has 5 nitrogen and oxygen atoms in total. The van der Waals surface area contributed by atoms with Crippen LogP contribution in [-0.2, 0) is 9.53 Å². The number of methoxy groups -OCH3 is 1. The van der Waals surface area contributed by atoms with Crippen LogP contribution in [0.1, 0.15) is 52.9 Å². The molecule has 0 aromatic heterocycles. The fourth-order valence-corrected chi connectivity index (χ4v) is 2.68. The first-order valence-corrected chi connectivity index (χ1v) is 7.64. The molecule has 1 saturated carbocycles. The lowest BCUT2D eigenvalue weighted by Crippen LogP contribution is -2.53. The zero-order chi connectivity index (χ0) is 15.1. The van der Waals surface area contributed by atoms with Crippen molar-refractivity contribution < 1.29 is 14.3 Å². The van der Waals surface area contributed by atoms with Crippen LogP contribution in [0, 0.1) is 11.8 Å². The summed E-state index contributed by atoms with van der Waals surface area (Å²) >= 11 is 0. The fourth-order valence-electron chi connectivity index (χ4n) is 2.68. The van der Waals surface area contributed by atoms with E-state index in [4.69, 9.17) is 4.74 Å². The molecule has 0 bridgehead atoms. The van der Waals surface area contributed by atoms with Crippen molar-refractivity contribution in [2.75, 3.05) is 7.11 Å². The smallest absolute Gasteiger partial charge is 0.328 e. The van der Waals surface area contributed by atoms with Gasteiger partial charge in [-0.2, -0.15) is 0 Å². The SMILES string of the molecule is CC[C@@H](C)[C@H](NC(=O)N[C@H]1CCCC[C@@H]1C)C(=O)OC. The molecule has 4 atom stereocenters. The third-order valence-corrected chi connectivity index (χ3v) is 4.38. The van der Waals surface area contributed by atoms with Gasteiger partial charge in [-0.1, -0.05) is 40.0 Å². The summed E-state index contributed by atoms with van der Waals surface area (Å²) in [5.41, 5.74) is 0. The summed E-state index contributed by atoms with van der Waals surface area (Å²) in [6.45, 7) is 6.09. The van der Waals surface area contributed by atoms with E-state index >= 15 is 0 Å². The highest BCUT2D eigenvalue weighted by molar-refractivity contribution is 5.83. The van der Waals surface area contributed by atoms with Crippen LogP contribution in [0.5, 0.6) is 0 Å². The van der Waals surface area contributed by atoms with Gasteiger partial charge in [0.15, 0.2) is 0 Å². The molecule has 0 aromatic carbocycles. The van der Waals surface area contributed by atoms with Crippen LogP contribution in [0.4, 0.5) is 4.79 Å². The highest BCUT2D eigenvalue weighted by Gasteiger charge is 2.28. The fraction of sp³-hybridized carbons (Fsp3) is 0.867. The van der Waals surface area contributed by atoms with Crippen LogP contribution >= 0.6 is 0 Å². The molecular formula is C15H28N2O3. The first-order chi connectivity index (χ1) is 9.49. The van der Waals surface area contributed by atoms with Gasteiger partial charge in [-0.25, -0.2) is 9.59 Å². The molecule has 0 spiro atoms. The van der Waals surface area contributed by atoms with E-state index in [1.165, 1.54) is 13.5 Å². The third kappa shape index (κ3) is 4.69. The monoisotopic (exact) mass is 284 g/mol. The number of hydrogen-bond acceptors (Lipinski definition) is 3. The van der Waals surface area contributed by atoms with Crippen LogP contribution in [-0.4, -0.2) is 31.2 Å². The number of nitrogens with one attached hydrogen (secondary N) is 2. The normalized spacial score (nSPS) is 25.4. The molecule has 0 saturated heterocycles. The lowest BCUT2D eigenvalue weighted by Gasteiger charge is -2.30. The van der Waals surface area contributed by atoms with Crippen LogP contribution in [0.25, 0.3) is 0 Å². The lowest BCUT2D eigenvalue weighted by atomic mass is 9.86. The standard InChI is InChI=1S/C15H28N2O3/c1-5-10(2)13(14(18)20-4)17-15(19)16-12-9-7-6-8-11(12)3/h10-13H,5-9H2,1-4H3,(H2,16,17,19)/t10-,11+,12+,13+/m1/s1. The van der Waals surface area contributed by atoms with Gasteiger partial charge in [-0.05, 0) is 24.7 Å². The summed E-state index contributed by atoms with van der Waals surface area (Å²) < 4.78 is 4.77. The number of hydrogen-bond donors (Lipinski definition) is 2. The minimum Gasteiger partial charge on any atom is -0.467 e. The molecule has 0 aromatic rings. The molecule has 1 aliphatic rings. The van der Waals surface area contributed by atoms with Crippen LogP contribution in [0.3, 0.4) is 0 Å². The number of rotatable bonds is 5. The van der Waals surface area contributed by atoms with Crippen LogP contribution < -0.4 is 10.6 Å². The Bertz CT molecular complexity index is 333. The number of amides is 2. The van der Waals surface area contributed by atoms with Crippen molar-refractivity contribution >= 4 is 12.0 Å². The Morgan fingerprint density at radius 2 is 1.95 bits per heavy atom. The Morgan fingerprint density at radius 3 is 2.50 bits per heavy atom. The van der Waals surface area contributed by atoms with Crippen molar-refractivity contribution in [2.45, 2.75) is 65.0 Å². The maximum absolute atomic E-state index is 12.1. The molecule has 5 heteroatoms. The minimum atomic E-state index is -0.580. The van der Waals surface area contributed by atoms with E-state index in [9.17, 15) is 9.59 Å². The van der Waals surface area contributed by atoms with E-state index in [2.05, 4.69) is 17.6 Å². The van der Waals surface area contributed by atoms with E-state index in [-0.39, 0.29) is 24.0 Å².